The monoisotopic (exact) mass is 128 g/mol. The van der Waals surface area contributed by atoms with E-state index in [1.165, 1.54) is 0 Å². The van der Waals surface area contributed by atoms with Crippen LogP contribution in [0.15, 0.2) is 0 Å². The molecule has 2 heteroatoms. The highest BCUT2D eigenvalue weighted by molar-refractivity contribution is 5.86. The van der Waals surface area contributed by atoms with E-state index >= 15 is 0 Å². The highest BCUT2D eigenvalue weighted by Gasteiger charge is 2.19. The van der Waals surface area contributed by atoms with Crippen molar-refractivity contribution >= 4 is 5.71 Å². The molecule has 3 N–H and O–H groups in total. The molecule has 0 aliphatic rings. The summed E-state index contributed by atoms with van der Waals surface area (Å²) in [5, 5.41) is 7.46. The maximum Gasteiger partial charge on any atom is 0.0155 e. The van der Waals surface area contributed by atoms with Crippen molar-refractivity contribution in [3.63, 3.8) is 0 Å². The predicted octanol–water partition coefficient (Wildman–Crippen LogP) is 1.40. The second-order valence-corrected chi connectivity index (χ2v) is 2.92. The Morgan fingerprint density at radius 2 is 2.00 bits per heavy atom. The molecule has 54 valence electrons. The van der Waals surface area contributed by atoms with Crippen LogP contribution in [0.25, 0.3) is 0 Å². The van der Waals surface area contributed by atoms with Gasteiger partial charge in [0.05, 0.1) is 0 Å². The maximum atomic E-state index is 7.46. The highest BCUT2D eigenvalue weighted by Crippen LogP contribution is 2.15. The zero-order valence-electron chi connectivity index (χ0n) is 6.49. The summed E-state index contributed by atoms with van der Waals surface area (Å²) in [6.45, 7) is 6.55. The summed E-state index contributed by atoms with van der Waals surface area (Å²) in [5.41, 5.74) is 6.09. The first-order valence-electron chi connectivity index (χ1n) is 3.32. The predicted molar refractivity (Wildman–Crippen MR) is 40.9 cm³/mol. The minimum absolute atomic E-state index is 0.0885. The third-order valence-electron chi connectivity index (χ3n) is 1.68. The van der Waals surface area contributed by atoms with Crippen molar-refractivity contribution in [3.05, 3.63) is 0 Å². The van der Waals surface area contributed by atoms with Gasteiger partial charge >= 0.3 is 0 Å². The average molecular weight is 128 g/mol. The summed E-state index contributed by atoms with van der Waals surface area (Å²) in [7, 11) is 0. The first kappa shape index (κ1) is 8.63. The maximum absolute atomic E-state index is 7.46. The van der Waals surface area contributed by atoms with Gasteiger partial charge in [0.25, 0.3) is 0 Å². The zero-order chi connectivity index (χ0) is 7.49. The SMILES string of the molecule is CCC(=N)C(C)(C)CN. The largest absolute Gasteiger partial charge is 0.330 e. The van der Waals surface area contributed by atoms with Gasteiger partial charge in [0, 0.05) is 17.7 Å². The van der Waals surface area contributed by atoms with E-state index in [9.17, 15) is 0 Å². The summed E-state index contributed by atoms with van der Waals surface area (Å²) >= 11 is 0. The van der Waals surface area contributed by atoms with Crippen molar-refractivity contribution in [1.29, 1.82) is 5.41 Å². The van der Waals surface area contributed by atoms with Gasteiger partial charge < -0.3 is 11.1 Å². The first-order chi connectivity index (χ1) is 4.04. The van der Waals surface area contributed by atoms with Crippen molar-refractivity contribution in [2.45, 2.75) is 27.2 Å². The number of hydrogen-bond donors (Lipinski definition) is 2. The standard InChI is InChI=1S/C7H16N2/c1-4-6(9)7(2,3)5-8/h9H,4-5,8H2,1-3H3. The van der Waals surface area contributed by atoms with E-state index in [2.05, 4.69) is 0 Å². The second-order valence-electron chi connectivity index (χ2n) is 2.92. The Hall–Kier alpha value is -0.370. The Morgan fingerprint density at radius 1 is 1.56 bits per heavy atom. The van der Waals surface area contributed by atoms with Crippen LogP contribution in [-0.2, 0) is 0 Å². The van der Waals surface area contributed by atoms with E-state index in [1.807, 2.05) is 20.8 Å². The van der Waals surface area contributed by atoms with Gasteiger partial charge in [0.2, 0.25) is 0 Å². The molecule has 0 fully saturated rings. The van der Waals surface area contributed by atoms with Gasteiger partial charge in [-0.25, -0.2) is 0 Å². The minimum atomic E-state index is -0.0885. The Labute approximate surface area is 57.0 Å². The fraction of sp³-hybridized carbons (Fsp3) is 0.857. The Balaban J connectivity index is 3.97. The summed E-state index contributed by atoms with van der Waals surface area (Å²) < 4.78 is 0. The molecule has 0 saturated heterocycles. The third kappa shape index (κ3) is 2.14. The van der Waals surface area contributed by atoms with E-state index in [0.717, 1.165) is 12.1 Å². The van der Waals surface area contributed by atoms with E-state index in [-0.39, 0.29) is 5.41 Å². The van der Waals surface area contributed by atoms with E-state index < -0.39 is 0 Å². The van der Waals surface area contributed by atoms with Gasteiger partial charge in [0.15, 0.2) is 0 Å². The lowest BCUT2D eigenvalue weighted by atomic mass is 9.86. The van der Waals surface area contributed by atoms with Crippen molar-refractivity contribution in [3.8, 4) is 0 Å². The molecule has 9 heavy (non-hydrogen) atoms. The first-order valence-corrected chi connectivity index (χ1v) is 3.32. The molecule has 0 aromatic carbocycles. The highest BCUT2D eigenvalue weighted by atomic mass is 14.6. The van der Waals surface area contributed by atoms with Crippen LogP contribution in [0, 0.1) is 10.8 Å². The lowest BCUT2D eigenvalue weighted by Crippen LogP contribution is -2.31. The molecule has 0 unspecified atom stereocenters. The molecule has 0 heterocycles. The lowest BCUT2D eigenvalue weighted by molar-refractivity contribution is 0.525. The molecule has 0 amide bonds. The van der Waals surface area contributed by atoms with E-state index in [4.69, 9.17) is 11.1 Å². The molecule has 0 radical (unpaired) electrons. The molecule has 0 aromatic heterocycles. The topological polar surface area (TPSA) is 49.9 Å². The Kier molecular flexibility index (Phi) is 2.85. The minimum Gasteiger partial charge on any atom is -0.330 e. The summed E-state index contributed by atoms with van der Waals surface area (Å²) in [6, 6.07) is 0. The van der Waals surface area contributed by atoms with Crippen LogP contribution >= 0.6 is 0 Å². The summed E-state index contributed by atoms with van der Waals surface area (Å²) in [6.07, 6.45) is 0.810. The number of nitrogens with two attached hydrogens (primary N) is 1. The number of nitrogens with one attached hydrogen (secondary N) is 1. The zero-order valence-corrected chi connectivity index (χ0v) is 6.49. The molecule has 2 nitrogen and oxygen atoms in total. The molecular formula is C7H16N2. The van der Waals surface area contributed by atoms with Crippen LogP contribution in [-0.4, -0.2) is 12.3 Å². The molecule has 0 spiro atoms. The Morgan fingerprint density at radius 3 is 2.11 bits per heavy atom. The molecule has 0 aromatic rings. The number of hydrogen-bond acceptors (Lipinski definition) is 2. The molecule has 0 atom stereocenters. The van der Waals surface area contributed by atoms with Gasteiger partial charge in [-0.15, -0.1) is 0 Å². The summed E-state index contributed by atoms with van der Waals surface area (Å²) in [5.74, 6) is 0. The molecule has 0 saturated carbocycles. The van der Waals surface area contributed by atoms with Gasteiger partial charge in [0.1, 0.15) is 0 Å². The molecule has 0 rings (SSSR count). The third-order valence-corrected chi connectivity index (χ3v) is 1.68. The van der Waals surface area contributed by atoms with Gasteiger partial charge in [-0.2, -0.15) is 0 Å². The lowest BCUT2D eigenvalue weighted by Gasteiger charge is -2.22. The van der Waals surface area contributed by atoms with Crippen LogP contribution in [0.3, 0.4) is 0 Å². The van der Waals surface area contributed by atoms with Crippen LogP contribution in [0.4, 0.5) is 0 Å². The van der Waals surface area contributed by atoms with Crippen molar-refractivity contribution < 1.29 is 0 Å². The quantitative estimate of drug-likeness (QED) is 0.554. The van der Waals surface area contributed by atoms with Gasteiger partial charge in [-0.3, -0.25) is 0 Å². The molecule has 0 aliphatic carbocycles. The van der Waals surface area contributed by atoms with Gasteiger partial charge in [-0.05, 0) is 6.42 Å². The fourth-order valence-electron chi connectivity index (χ4n) is 0.602. The Bertz CT molecular complexity index is 105. The van der Waals surface area contributed by atoms with Crippen molar-refractivity contribution in [2.24, 2.45) is 11.1 Å². The van der Waals surface area contributed by atoms with E-state index in [1.54, 1.807) is 0 Å². The van der Waals surface area contributed by atoms with Crippen LogP contribution in [0.5, 0.6) is 0 Å². The fourth-order valence-corrected chi connectivity index (χ4v) is 0.602. The van der Waals surface area contributed by atoms with E-state index in [0.29, 0.717) is 6.54 Å². The summed E-state index contributed by atoms with van der Waals surface area (Å²) in [4.78, 5) is 0. The molecule has 0 bridgehead atoms. The second kappa shape index (κ2) is 2.97. The van der Waals surface area contributed by atoms with Crippen LogP contribution < -0.4 is 5.73 Å². The van der Waals surface area contributed by atoms with Crippen molar-refractivity contribution in [2.75, 3.05) is 6.54 Å². The van der Waals surface area contributed by atoms with Crippen LogP contribution in [0.2, 0.25) is 0 Å². The van der Waals surface area contributed by atoms with Gasteiger partial charge in [-0.1, -0.05) is 20.8 Å². The molecular weight excluding hydrogens is 112 g/mol. The smallest absolute Gasteiger partial charge is 0.0155 e. The number of rotatable bonds is 3. The van der Waals surface area contributed by atoms with Crippen molar-refractivity contribution in [1.82, 2.24) is 0 Å². The van der Waals surface area contributed by atoms with Crippen LogP contribution in [0.1, 0.15) is 27.2 Å². The average Bonchev–Trinajstić information content (AvgIpc) is 1.86. The molecule has 0 aliphatic heterocycles. The normalized spacial score (nSPS) is 11.6.